The van der Waals surface area contributed by atoms with Gasteiger partial charge in [-0.1, -0.05) is 23.2 Å². The van der Waals surface area contributed by atoms with Crippen molar-refractivity contribution in [2.45, 2.75) is 0 Å². The lowest BCUT2D eigenvalue weighted by Gasteiger charge is -2.03. The zero-order valence-corrected chi connectivity index (χ0v) is 8.74. The lowest BCUT2D eigenvalue weighted by Crippen LogP contribution is -1.85. The number of phenolic OH excluding ortho intramolecular Hbond substituents is 1. The van der Waals surface area contributed by atoms with Crippen LogP contribution < -0.4 is 0 Å². The molecule has 0 saturated carbocycles. The van der Waals surface area contributed by atoms with Crippen LogP contribution in [0.5, 0.6) is 5.75 Å². The lowest BCUT2D eigenvalue weighted by atomic mass is 10.2. The minimum absolute atomic E-state index is 0.0376. The molecular weight excluding hydrogens is 267 g/mol. The summed E-state index contributed by atoms with van der Waals surface area (Å²) in [5.74, 6) is -0.178. The quantitative estimate of drug-likeness (QED) is 0.795. The van der Waals surface area contributed by atoms with Crippen LogP contribution in [-0.4, -0.2) is 11.4 Å². The van der Waals surface area contributed by atoms with Crippen LogP contribution in [0.25, 0.3) is 0 Å². The first kappa shape index (κ1) is 9.84. The zero-order valence-electron chi connectivity index (χ0n) is 5.64. The summed E-state index contributed by atoms with van der Waals surface area (Å²) in [4.78, 5) is 10.4. The fourth-order valence-electron chi connectivity index (χ4n) is 0.703. The monoisotopic (exact) mass is 268 g/mol. The van der Waals surface area contributed by atoms with Crippen molar-refractivity contribution in [3.63, 3.8) is 0 Å². The summed E-state index contributed by atoms with van der Waals surface area (Å²) in [5, 5.41) is 9.42. The molecule has 0 aliphatic carbocycles. The molecule has 2 nitrogen and oxygen atoms in total. The van der Waals surface area contributed by atoms with Gasteiger partial charge in [-0.05, 0) is 22.0 Å². The molecule has 1 aromatic rings. The molecule has 0 amide bonds. The van der Waals surface area contributed by atoms with Gasteiger partial charge in [0.2, 0.25) is 0 Å². The molecule has 0 heterocycles. The van der Waals surface area contributed by atoms with Gasteiger partial charge in [-0.25, -0.2) is 0 Å². The van der Waals surface area contributed by atoms with Gasteiger partial charge in [0.1, 0.15) is 5.75 Å². The van der Waals surface area contributed by atoms with E-state index in [4.69, 9.17) is 23.2 Å². The molecule has 0 spiro atoms. The van der Waals surface area contributed by atoms with E-state index in [1.54, 1.807) is 0 Å². The van der Waals surface area contributed by atoms with E-state index in [9.17, 15) is 9.90 Å². The van der Waals surface area contributed by atoms with Crippen LogP contribution in [0.4, 0.5) is 0 Å². The number of aldehydes is 1. The summed E-state index contributed by atoms with van der Waals surface area (Å²) in [6.07, 6.45) is 0.497. The van der Waals surface area contributed by atoms with Gasteiger partial charge in [0.25, 0.3) is 0 Å². The summed E-state index contributed by atoms with van der Waals surface area (Å²) in [6.45, 7) is 0. The molecule has 0 bridgehead atoms. The Balaban J connectivity index is 3.51. The van der Waals surface area contributed by atoms with Crippen LogP contribution >= 0.6 is 39.1 Å². The normalized spacial score (nSPS) is 9.92. The van der Waals surface area contributed by atoms with E-state index in [2.05, 4.69) is 15.9 Å². The molecule has 0 radical (unpaired) electrons. The third-order valence-corrected chi connectivity index (χ3v) is 2.60. The fraction of sp³-hybridized carbons (Fsp3) is 0. The maximum absolute atomic E-state index is 10.4. The Morgan fingerprint density at radius 2 is 2.08 bits per heavy atom. The van der Waals surface area contributed by atoms with Crippen molar-refractivity contribution >= 4 is 45.4 Å². The highest BCUT2D eigenvalue weighted by atomic mass is 79.9. The second-order valence-electron chi connectivity index (χ2n) is 2.03. The maximum atomic E-state index is 10.4. The Labute approximate surface area is 87.2 Å². The highest BCUT2D eigenvalue weighted by molar-refractivity contribution is 9.10. The molecule has 0 aliphatic heterocycles. The van der Waals surface area contributed by atoms with Gasteiger partial charge in [0, 0.05) is 0 Å². The van der Waals surface area contributed by atoms with Gasteiger partial charge >= 0.3 is 0 Å². The van der Waals surface area contributed by atoms with Crippen LogP contribution in [0.2, 0.25) is 10.0 Å². The smallest absolute Gasteiger partial charge is 0.153 e. The van der Waals surface area contributed by atoms with Gasteiger partial charge in [-0.15, -0.1) is 0 Å². The number of rotatable bonds is 1. The number of halogens is 3. The zero-order chi connectivity index (χ0) is 9.30. The highest BCUT2D eigenvalue weighted by Gasteiger charge is 2.12. The Morgan fingerprint density at radius 3 is 2.58 bits per heavy atom. The molecule has 1 N–H and O–H groups in total. The second-order valence-corrected chi connectivity index (χ2v) is 3.67. The van der Waals surface area contributed by atoms with Crippen molar-refractivity contribution in [3.8, 4) is 5.75 Å². The number of aromatic hydroxyl groups is 1. The third-order valence-electron chi connectivity index (χ3n) is 1.30. The molecule has 0 aromatic heterocycles. The van der Waals surface area contributed by atoms with Gasteiger partial charge in [0.15, 0.2) is 6.29 Å². The topological polar surface area (TPSA) is 37.3 Å². The summed E-state index contributed by atoms with van der Waals surface area (Å²) in [6, 6.07) is 1.41. The summed E-state index contributed by atoms with van der Waals surface area (Å²) in [7, 11) is 0. The Bertz CT molecular complexity index is 339. The van der Waals surface area contributed by atoms with Gasteiger partial charge in [0.05, 0.1) is 20.1 Å². The number of phenols is 1. The molecule has 0 saturated heterocycles. The van der Waals surface area contributed by atoms with Crippen LogP contribution in [0.1, 0.15) is 10.4 Å². The van der Waals surface area contributed by atoms with Crippen LogP contribution in [0, 0.1) is 0 Å². The average Bonchev–Trinajstić information content (AvgIpc) is 2.01. The summed E-state index contributed by atoms with van der Waals surface area (Å²) in [5.41, 5.74) is 0.0963. The average molecular weight is 270 g/mol. The molecule has 5 heteroatoms. The van der Waals surface area contributed by atoms with Crippen molar-refractivity contribution in [3.05, 3.63) is 26.1 Å². The van der Waals surface area contributed by atoms with E-state index in [1.807, 2.05) is 0 Å². The molecule has 0 atom stereocenters. The van der Waals surface area contributed by atoms with Gasteiger partial charge in [-0.2, -0.15) is 0 Å². The Hall–Kier alpha value is -0.250. The van der Waals surface area contributed by atoms with Crippen LogP contribution in [0.15, 0.2) is 10.5 Å². The first-order valence-corrected chi connectivity index (χ1v) is 4.44. The first-order valence-electron chi connectivity index (χ1n) is 2.89. The Kier molecular flexibility index (Phi) is 2.99. The fourth-order valence-corrected chi connectivity index (χ4v) is 1.92. The van der Waals surface area contributed by atoms with E-state index >= 15 is 0 Å². The summed E-state index contributed by atoms with van der Waals surface area (Å²) >= 11 is 14.3. The molecule has 0 aliphatic rings. The summed E-state index contributed by atoms with van der Waals surface area (Å²) < 4.78 is 0.364. The molecule has 0 unspecified atom stereocenters. The van der Waals surface area contributed by atoms with Crippen molar-refractivity contribution in [2.24, 2.45) is 0 Å². The number of benzene rings is 1. The SMILES string of the molecule is O=Cc1c(Cl)cc(Br)c(O)c1Cl. The van der Waals surface area contributed by atoms with Crippen molar-refractivity contribution in [1.29, 1.82) is 0 Å². The van der Waals surface area contributed by atoms with Gasteiger partial charge in [-0.3, -0.25) is 4.79 Å². The van der Waals surface area contributed by atoms with E-state index in [1.165, 1.54) is 6.07 Å². The molecule has 12 heavy (non-hydrogen) atoms. The standard InChI is InChI=1S/C7H3BrCl2O2/c8-4-1-5(9)3(2-11)6(10)7(4)12/h1-2,12H. The number of hydrogen-bond acceptors (Lipinski definition) is 2. The number of hydrogen-bond donors (Lipinski definition) is 1. The molecule has 1 aromatic carbocycles. The van der Waals surface area contributed by atoms with Crippen molar-refractivity contribution < 1.29 is 9.90 Å². The first-order chi connectivity index (χ1) is 5.57. The largest absolute Gasteiger partial charge is 0.505 e. The van der Waals surface area contributed by atoms with E-state index in [-0.39, 0.29) is 21.4 Å². The van der Waals surface area contributed by atoms with Crippen molar-refractivity contribution in [1.82, 2.24) is 0 Å². The predicted octanol–water partition coefficient (Wildman–Crippen LogP) is 3.27. The van der Waals surface area contributed by atoms with E-state index < -0.39 is 0 Å². The maximum Gasteiger partial charge on any atom is 0.153 e. The van der Waals surface area contributed by atoms with Crippen LogP contribution in [-0.2, 0) is 0 Å². The number of carbonyl (C=O) groups excluding carboxylic acids is 1. The van der Waals surface area contributed by atoms with Gasteiger partial charge < -0.3 is 5.11 Å². The molecular formula is C7H3BrCl2O2. The lowest BCUT2D eigenvalue weighted by molar-refractivity contribution is 0.112. The molecule has 1 rings (SSSR count). The van der Waals surface area contributed by atoms with Crippen molar-refractivity contribution in [2.75, 3.05) is 0 Å². The van der Waals surface area contributed by atoms with E-state index in [0.717, 1.165) is 0 Å². The van der Waals surface area contributed by atoms with Crippen LogP contribution in [0.3, 0.4) is 0 Å². The van der Waals surface area contributed by atoms with E-state index in [0.29, 0.717) is 10.8 Å². The molecule has 0 fully saturated rings. The minimum atomic E-state index is -0.178. The Morgan fingerprint density at radius 1 is 1.50 bits per heavy atom. The molecule has 64 valence electrons. The number of carbonyl (C=O) groups is 1. The third kappa shape index (κ3) is 1.58. The predicted molar refractivity (Wildman–Crippen MR) is 51.2 cm³/mol. The minimum Gasteiger partial charge on any atom is -0.505 e. The second kappa shape index (κ2) is 3.64. The highest BCUT2D eigenvalue weighted by Crippen LogP contribution is 2.37.